The van der Waals surface area contributed by atoms with E-state index in [-0.39, 0.29) is 23.4 Å². The Morgan fingerprint density at radius 2 is 1.95 bits per heavy atom. The van der Waals surface area contributed by atoms with Crippen molar-refractivity contribution in [3.63, 3.8) is 0 Å². The lowest BCUT2D eigenvalue weighted by atomic mass is 10.2. The predicted octanol–water partition coefficient (Wildman–Crippen LogP) is 0.665. The molecule has 0 bridgehead atoms. The monoisotopic (exact) mass is 316 g/mol. The molecule has 0 aliphatic carbocycles. The molecule has 0 aliphatic rings. The fourth-order valence-corrected chi connectivity index (χ4v) is 3.21. The second kappa shape index (κ2) is 6.57. The highest BCUT2D eigenvalue weighted by Crippen LogP contribution is 2.21. The van der Waals surface area contributed by atoms with Crippen LogP contribution in [0.3, 0.4) is 0 Å². The number of rotatable bonds is 6. The minimum Gasteiger partial charge on any atom is -0.352 e. The van der Waals surface area contributed by atoms with Gasteiger partial charge in [-0.2, -0.15) is 5.10 Å². The molecule has 0 spiro atoms. The predicted molar refractivity (Wildman–Crippen MR) is 80.5 cm³/mol. The van der Waals surface area contributed by atoms with Crippen molar-refractivity contribution >= 4 is 15.9 Å². The van der Waals surface area contributed by atoms with Gasteiger partial charge in [-0.15, -0.1) is 0 Å². The molecule has 1 aromatic rings. The minimum atomic E-state index is -3.56. The van der Waals surface area contributed by atoms with Crippen molar-refractivity contribution < 1.29 is 13.2 Å². The lowest BCUT2D eigenvalue weighted by molar-refractivity contribution is -0.122. The first-order valence-electron chi connectivity index (χ1n) is 6.87. The van der Waals surface area contributed by atoms with Gasteiger partial charge in [0, 0.05) is 20.1 Å². The van der Waals surface area contributed by atoms with Crippen LogP contribution in [0.25, 0.3) is 0 Å². The molecule has 1 N–H and O–H groups in total. The summed E-state index contributed by atoms with van der Waals surface area (Å²) in [5.41, 5.74) is 0.873. The molecule has 0 fully saturated rings. The molecular formula is C13H24N4O3S. The van der Waals surface area contributed by atoms with E-state index in [9.17, 15) is 13.2 Å². The fourth-order valence-electron chi connectivity index (χ4n) is 1.95. The van der Waals surface area contributed by atoms with Crippen LogP contribution < -0.4 is 5.32 Å². The largest absolute Gasteiger partial charge is 0.352 e. The van der Waals surface area contributed by atoms with Gasteiger partial charge in [0.25, 0.3) is 0 Å². The summed E-state index contributed by atoms with van der Waals surface area (Å²) in [6, 6.07) is 0.0828. The number of aromatic nitrogens is 2. The molecule has 21 heavy (non-hydrogen) atoms. The Morgan fingerprint density at radius 3 is 2.43 bits per heavy atom. The quantitative estimate of drug-likeness (QED) is 0.836. The van der Waals surface area contributed by atoms with Crippen LogP contribution in [0.1, 0.15) is 31.7 Å². The van der Waals surface area contributed by atoms with E-state index in [1.165, 1.54) is 18.8 Å². The number of carbonyl (C=O) groups excluding carboxylic acids is 1. The Balaban J connectivity index is 3.07. The molecule has 8 heteroatoms. The van der Waals surface area contributed by atoms with Crippen LogP contribution in [-0.4, -0.2) is 48.5 Å². The number of hydrogen-bond donors (Lipinski definition) is 1. The Morgan fingerprint density at radius 1 is 1.38 bits per heavy atom. The van der Waals surface area contributed by atoms with Crippen LogP contribution in [0.2, 0.25) is 0 Å². The molecule has 0 saturated carbocycles. The van der Waals surface area contributed by atoms with Crippen LogP contribution in [0.15, 0.2) is 4.90 Å². The highest BCUT2D eigenvalue weighted by molar-refractivity contribution is 7.89. The molecule has 7 nitrogen and oxygen atoms in total. The average molecular weight is 316 g/mol. The fraction of sp³-hybridized carbons (Fsp3) is 0.692. The maximum absolute atomic E-state index is 12.3. The van der Waals surface area contributed by atoms with E-state index in [2.05, 4.69) is 10.4 Å². The second-order valence-electron chi connectivity index (χ2n) is 5.32. The summed E-state index contributed by atoms with van der Waals surface area (Å²) < 4.78 is 27.1. The Kier molecular flexibility index (Phi) is 5.52. The SMILES string of the molecule is CC[C@H](C)NC(=O)Cn1nc(C)c(S(=O)(=O)N(C)C)c1C. The maximum atomic E-state index is 12.3. The number of nitrogens with zero attached hydrogens (tertiary/aromatic N) is 3. The summed E-state index contributed by atoms with van der Waals surface area (Å²) in [7, 11) is -0.616. The molecule has 1 atom stereocenters. The molecule has 1 amide bonds. The van der Waals surface area contributed by atoms with Gasteiger partial charge in [-0.05, 0) is 27.2 Å². The maximum Gasteiger partial charge on any atom is 0.246 e. The van der Waals surface area contributed by atoms with Gasteiger partial charge >= 0.3 is 0 Å². The van der Waals surface area contributed by atoms with Crippen molar-refractivity contribution in [1.29, 1.82) is 0 Å². The first-order chi connectivity index (χ1) is 9.61. The number of sulfonamides is 1. The molecule has 0 unspecified atom stereocenters. The van der Waals surface area contributed by atoms with Gasteiger partial charge in [0.1, 0.15) is 11.4 Å². The van der Waals surface area contributed by atoms with Gasteiger partial charge in [-0.1, -0.05) is 6.92 Å². The third-order valence-electron chi connectivity index (χ3n) is 3.37. The summed E-state index contributed by atoms with van der Waals surface area (Å²) in [6.07, 6.45) is 0.836. The van der Waals surface area contributed by atoms with Crippen molar-refractivity contribution in [3.8, 4) is 0 Å². The van der Waals surface area contributed by atoms with E-state index >= 15 is 0 Å². The van der Waals surface area contributed by atoms with E-state index in [0.717, 1.165) is 10.7 Å². The third-order valence-corrected chi connectivity index (χ3v) is 5.44. The summed E-state index contributed by atoms with van der Waals surface area (Å²) in [4.78, 5) is 12.1. The highest BCUT2D eigenvalue weighted by atomic mass is 32.2. The van der Waals surface area contributed by atoms with E-state index < -0.39 is 10.0 Å². The van der Waals surface area contributed by atoms with E-state index in [1.807, 2.05) is 13.8 Å². The number of amides is 1. The smallest absolute Gasteiger partial charge is 0.246 e. The zero-order valence-electron chi connectivity index (χ0n) is 13.5. The molecule has 0 aromatic carbocycles. The summed E-state index contributed by atoms with van der Waals surface area (Å²) >= 11 is 0. The van der Waals surface area contributed by atoms with E-state index in [1.54, 1.807) is 13.8 Å². The summed E-state index contributed by atoms with van der Waals surface area (Å²) in [5.74, 6) is -0.177. The minimum absolute atomic E-state index is 0.0139. The Hall–Kier alpha value is -1.41. The molecule has 0 saturated heterocycles. The topological polar surface area (TPSA) is 84.3 Å². The van der Waals surface area contributed by atoms with Crippen LogP contribution in [0.4, 0.5) is 0 Å². The summed E-state index contributed by atoms with van der Waals surface area (Å²) in [6.45, 7) is 7.20. The molecule has 0 aliphatic heterocycles. The van der Waals surface area contributed by atoms with E-state index in [0.29, 0.717) is 11.4 Å². The van der Waals surface area contributed by atoms with Crippen molar-refractivity contribution in [2.24, 2.45) is 0 Å². The van der Waals surface area contributed by atoms with E-state index in [4.69, 9.17) is 0 Å². The Bertz CT molecular complexity index is 620. The van der Waals surface area contributed by atoms with Crippen LogP contribution in [0.5, 0.6) is 0 Å². The number of hydrogen-bond acceptors (Lipinski definition) is 4. The summed E-state index contributed by atoms with van der Waals surface area (Å²) in [5, 5.41) is 7.02. The zero-order chi connectivity index (χ0) is 16.4. The normalized spacial score (nSPS) is 13.5. The van der Waals surface area contributed by atoms with Crippen molar-refractivity contribution in [2.75, 3.05) is 14.1 Å². The van der Waals surface area contributed by atoms with Gasteiger partial charge in [-0.25, -0.2) is 12.7 Å². The molecule has 1 rings (SSSR count). The third kappa shape index (κ3) is 3.82. The lowest BCUT2D eigenvalue weighted by Crippen LogP contribution is -2.35. The van der Waals surface area contributed by atoms with Crippen LogP contribution in [0, 0.1) is 13.8 Å². The first-order valence-corrected chi connectivity index (χ1v) is 8.31. The lowest BCUT2D eigenvalue weighted by Gasteiger charge is -2.13. The molecule has 1 aromatic heterocycles. The average Bonchev–Trinajstić information content (AvgIpc) is 2.64. The standard InChI is InChI=1S/C13H24N4O3S/c1-7-9(2)14-12(18)8-17-11(4)13(10(3)15-17)21(19,20)16(5)6/h9H,7-8H2,1-6H3,(H,14,18)/t9-/m0/s1. The Labute approximate surface area is 126 Å². The highest BCUT2D eigenvalue weighted by Gasteiger charge is 2.27. The van der Waals surface area contributed by atoms with Gasteiger partial charge in [-0.3, -0.25) is 9.48 Å². The van der Waals surface area contributed by atoms with Crippen LogP contribution in [-0.2, 0) is 21.4 Å². The molecular weight excluding hydrogens is 292 g/mol. The molecule has 0 radical (unpaired) electrons. The van der Waals surface area contributed by atoms with Gasteiger partial charge in [0.15, 0.2) is 0 Å². The van der Waals surface area contributed by atoms with Crippen molar-refractivity contribution in [3.05, 3.63) is 11.4 Å². The molecule has 120 valence electrons. The zero-order valence-corrected chi connectivity index (χ0v) is 14.3. The van der Waals surface area contributed by atoms with Gasteiger partial charge < -0.3 is 5.32 Å². The number of carbonyl (C=O) groups is 1. The number of aryl methyl sites for hydroxylation is 1. The van der Waals surface area contributed by atoms with Crippen molar-refractivity contribution in [2.45, 2.75) is 51.6 Å². The van der Waals surface area contributed by atoms with Gasteiger partial charge in [0.05, 0.1) is 11.4 Å². The number of nitrogens with one attached hydrogen (secondary N) is 1. The molecule has 1 heterocycles. The van der Waals surface area contributed by atoms with Gasteiger partial charge in [0.2, 0.25) is 15.9 Å². The first kappa shape index (κ1) is 17.6. The van der Waals surface area contributed by atoms with Crippen molar-refractivity contribution in [1.82, 2.24) is 19.4 Å². The second-order valence-corrected chi connectivity index (χ2v) is 7.41. The van der Waals surface area contributed by atoms with Crippen LogP contribution >= 0.6 is 0 Å².